The van der Waals surface area contributed by atoms with E-state index in [9.17, 15) is 14.3 Å². The SMILES string of the molecule is O=C1[C@H](CCCO)[C@@H](C2=CCC(O)C=C2)N1c1ccc(F)cc1. The number of carbonyl (C=O) groups is 1. The molecule has 0 saturated carbocycles. The Hall–Kier alpha value is -1.98. The third kappa shape index (κ3) is 3.07. The van der Waals surface area contributed by atoms with Crippen molar-refractivity contribution in [2.24, 2.45) is 5.92 Å². The number of aliphatic hydroxyl groups excluding tert-OH is 2. The number of aliphatic hydroxyl groups is 2. The summed E-state index contributed by atoms with van der Waals surface area (Å²) in [7, 11) is 0. The molecule has 0 radical (unpaired) electrons. The molecule has 1 saturated heterocycles. The van der Waals surface area contributed by atoms with E-state index in [1.807, 2.05) is 12.2 Å². The molecular formula is C18H20FNO3. The normalized spacial score (nSPS) is 26.9. The third-order valence-electron chi connectivity index (χ3n) is 4.44. The van der Waals surface area contributed by atoms with Gasteiger partial charge in [-0.1, -0.05) is 18.2 Å². The molecule has 1 aliphatic heterocycles. The number of hydrogen-bond acceptors (Lipinski definition) is 3. The second kappa shape index (κ2) is 6.64. The molecule has 5 heteroatoms. The molecule has 3 atom stereocenters. The van der Waals surface area contributed by atoms with Crippen molar-refractivity contribution in [3.05, 3.63) is 53.9 Å². The monoisotopic (exact) mass is 317 g/mol. The van der Waals surface area contributed by atoms with E-state index < -0.39 is 6.10 Å². The molecule has 122 valence electrons. The molecule has 0 aromatic heterocycles. The maximum atomic E-state index is 13.1. The lowest BCUT2D eigenvalue weighted by molar-refractivity contribution is -0.129. The molecule has 23 heavy (non-hydrogen) atoms. The van der Waals surface area contributed by atoms with Gasteiger partial charge >= 0.3 is 0 Å². The molecule has 1 amide bonds. The zero-order valence-corrected chi connectivity index (χ0v) is 12.7. The van der Waals surface area contributed by atoms with E-state index in [1.165, 1.54) is 12.1 Å². The fraction of sp³-hybridized carbons (Fsp3) is 0.389. The average molecular weight is 317 g/mol. The van der Waals surface area contributed by atoms with E-state index in [4.69, 9.17) is 5.11 Å². The van der Waals surface area contributed by atoms with Gasteiger partial charge in [-0.2, -0.15) is 0 Å². The van der Waals surface area contributed by atoms with Crippen LogP contribution in [0.5, 0.6) is 0 Å². The summed E-state index contributed by atoms with van der Waals surface area (Å²) in [5, 5.41) is 18.6. The third-order valence-corrected chi connectivity index (χ3v) is 4.44. The number of carbonyl (C=O) groups excluding carboxylic acids is 1. The van der Waals surface area contributed by atoms with Crippen molar-refractivity contribution in [2.75, 3.05) is 11.5 Å². The van der Waals surface area contributed by atoms with Crippen LogP contribution < -0.4 is 4.90 Å². The number of nitrogens with zero attached hydrogens (tertiary/aromatic N) is 1. The second-order valence-corrected chi connectivity index (χ2v) is 5.97. The Kier molecular flexibility index (Phi) is 4.59. The van der Waals surface area contributed by atoms with Crippen LogP contribution in [-0.2, 0) is 4.79 Å². The van der Waals surface area contributed by atoms with Gasteiger partial charge in [-0.25, -0.2) is 4.39 Å². The fourth-order valence-electron chi connectivity index (χ4n) is 3.26. The van der Waals surface area contributed by atoms with Crippen molar-refractivity contribution >= 4 is 11.6 Å². The van der Waals surface area contributed by atoms with Crippen LogP contribution in [0, 0.1) is 11.7 Å². The van der Waals surface area contributed by atoms with Crippen molar-refractivity contribution < 1.29 is 19.4 Å². The lowest BCUT2D eigenvalue weighted by Gasteiger charge is -2.48. The highest BCUT2D eigenvalue weighted by Gasteiger charge is 2.48. The molecule has 0 bridgehead atoms. The summed E-state index contributed by atoms with van der Waals surface area (Å²) in [6, 6.07) is 5.77. The molecule has 1 aliphatic carbocycles. The highest BCUT2D eigenvalue weighted by atomic mass is 19.1. The first kappa shape index (κ1) is 15.9. The van der Waals surface area contributed by atoms with E-state index in [0.717, 1.165) is 5.57 Å². The Bertz CT molecular complexity index is 638. The van der Waals surface area contributed by atoms with Crippen LogP contribution in [0.1, 0.15) is 19.3 Å². The predicted octanol–water partition coefficient (Wildman–Crippen LogP) is 2.18. The Morgan fingerprint density at radius 1 is 1.26 bits per heavy atom. The molecule has 2 N–H and O–H groups in total. The predicted molar refractivity (Wildman–Crippen MR) is 85.3 cm³/mol. The Balaban J connectivity index is 1.87. The number of amides is 1. The van der Waals surface area contributed by atoms with Crippen LogP contribution in [0.15, 0.2) is 48.1 Å². The Labute approximate surface area is 134 Å². The maximum absolute atomic E-state index is 13.1. The number of benzene rings is 1. The van der Waals surface area contributed by atoms with Crippen LogP contribution in [0.2, 0.25) is 0 Å². The van der Waals surface area contributed by atoms with Crippen molar-refractivity contribution in [2.45, 2.75) is 31.4 Å². The highest BCUT2D eigenvalue weighted by Crippen LogP contribution is 2.40. The van der Waals surface area contributed by atoms with Crippen molar-refractivity contribution in [3.8, 4) is 0 Å². The number of β-lactam (4-membered cyclic amide) rings is 1. The molecule has 0 spiro atoms. The fourth-order valence-corrected chi connectivity index (χ4v) is 3.26. The van der Waals surface area contributed by atoms with Gasteiger partial charge in [0.05, 0.1) is 18.1 Å². The molecule has 2 aliphatic rings. The number of hydrogen-bond donors (Lipinski definition) is 2. The molecule has 1 fully saturated rings. The highest BCUT2D eigenvalue weighted by molar-refractivity contribution is 6.04. The van der Waals surface area contributed by atoms with Gasteiger partial charge < -0.3 is 15.1 Å². The molecular weight excluding hydrogens is 297 g/mol. The molecule has 1 aromatic carbocycles. The van der Waals surface area contributed by atoms with Gasteiger partial charge in [0, 0.05) is 12.3 Å². The van der Waals surface area contributed by atoms with Crippen LogP contribution in [0.4, 0.5) is 10.1 Å². The first-order valence-electron chi connectivity index (χ1n) is 7.87. The summed E-state index contributed by atoms with van der Waals surface area (Å²) in [5.74, 6) is -0.524. The largest absolute Gasteiger partial charge is 0.396 e. The topological polar surface area (TPSA) is 60.8 Å². The Morgan fingerprint density at radius 2 is 2.00 bits per heavy atom. The van der Waals surface area contributed by atoms with Crippen molar-refractivity contribution in [3.63, 3.8) is 0 Å². The number of halogens is 1. The van der Waals surface area contributed by atoms with Crippen LogP contribution in [0.25, 0.3) is 0 Å². The molecule has 1 unspecified atom stereocenters. The zero-order chi connectivity index (χ0) is 16.4. The molecule has 1 aromatic rings. The van der Waals surface area contributed by atoms with Gasteiger partial charge in [0.25, 0.3) is 0 Å². The lowest BCUT2D eigenvalue weighted by Crippen LogP contribution is -2.62. The molecule has 1 heterocycles. The van der Waals surface area contributed by atoms with Gasteiger partial charge in [0.2, 0.25) is 5.91 Å². The van der Waals surface area contributed by atoms with Gasteiger partial charge in [0.1, 0.15) is 5.82 Å². The maximum Gasteiger partial charge on any atom is 0.233 e. The van der Waals surface area contributed by atoms with Crippen LogP contribution in [0.3, 0.4) is 0 Å². The summed E-state index contributed by atoms with van der Waals surface area (Å²) in [6.45, 7) is 0.0562. The van der Waals surface area contributed by atoms with Gasteiger partial charge in [-0.3, -0.25) is 4.79 Å². The van der Waals surface area contributed by atoms with E-state index in [1.54, 1.807) is 23.1 Å². The summed E-state index contributed by atoms with van der Waals surface area (Å²) in [4.78, 5) is 14.2. The minimum absolute atomic E-state index is 0.00419. The van der Waals surface area contributed by atoms with Gasteiger partial charge in [-0.15, -0.1) is 0 Å². The standard InChI is InChI=1S/C18H20FNO3/c19-13-5-7-14(8-6-13)20-17(12-3-9-15(22)10-4-12)16(18(20)23)2-1-11-21/h3-9,15-17,21-22H,1-2,10-11H2/t15?,16-,17-/m1/s1. The first-order valence-corrected chi connectivity index (χ1v) is 7.87. The smallest absolute Gasteiger partial charge is 0.233 e. The number of rotatable bonds is 5. The van der Waals surface area contributed by atoms with Gasteiger partial charge in [0.15, 0.2) is 0 Å². The zero-order valence-electron chi connectivity index (χ0n) is 12.7. The van der Waals surface area contributed by atoms with Gasteiger partial charge in [-0.05, 0) is 49.1 Å². The lowest BCUT2D eigenvalue weighted by atomic mass is 9.77. The summed E-state index contributed by atoms with van der Waals surface area (Å²) < 4.78 is 13.1. The first-order chi connectivity index (χ1) is 11.1. The molecule has 3 rings (SSSR count). The summed E-state index contributed by atoms with van der Waals surface area (Å²) in [5.41, 5.74) is 1.66. The van der Waals surface area contributed by atoms with E-state index in [0.29, 0.717) is 24.9 Å². The van der Waals surface area contributed by atoms with Crippen molar-refractivity contribution in [1.29, 1.82) is 0 Å². The quantitative estimate of drug-likeness (QED) is 0.818. The summed E-state index contributed by atoms with van der Waals surface area (Å²) in [6.07, 6.45) is 6.77. The average Bonchev–Trinajstić information content (AvgIpc) is 2.56. The van der Waals surface area contributed by atoms with E-state index >= 15 is 0 Å². The van der Waals surface area contributed by atoms with Crippen LogP contribution >= 0.6 is 0 Å². The number of anilines is 1. The van der Waals surface area contributed by atoms with E-state index in [-0.39, 0.29) is 30.3 Å². The second-order valence-electron chi connectivity index (χ2n) is 5.97. The molecule has 4 nitrogen and oxygen atoms in total. The van der Waals surface area contributed by atoms with Crippen molar-refractivity contribution in [1.82, 2.24) is 0 Å². The minimum Gasteiger partial charge on any atom is -0.396 e. The minimum atomic E-state index is -0.482. The van der Waals surface area contributed by atoms with E-state index in [2.05, 4.69) is 0 Å². The van der Waals surface area contributed by atoms with Crippen LogP contribution in [-0.4, -0.2) is 34.9 Å². The Morgan fingerprint density at radius 3 is 2.61 bits per heavy atom. The summed E-state index contributed by atoms with van der Waals surface area (Å²) >= 11 is 0.